The molecule has 0 bridgehead atoms. The number of methoxy groups -OCH3 is 2. The minimum absolute atomic E-state index is 0.0838. The number of halogens is 2. The molecule has 0 aliphatic heterocycles. The highest BCUT2D eigenvalue weighted by atomic mass is 19.3. The molecule has 1 aromatic carbocycles. The van der Waals surface area contributed by atoms with Crippen LogP contribution < -0.4 is 20.1 Å². The standard InChI is InChI=1S/C13H18F2N2O4/c1-19-6-5-16-8-12(18)17-9-3-4-10(20-2)11(7-9)21-13(14)15/h3-4,7,13,16H,5-6,8H2,1-2H3,(H,17,18). The Labute approximate surface area is 121 Å². The molecule has 0 atom stereocenters. The summed E-state index contributed by atoms with van der Waals surface area (Å²) < 4.78 is 38.6. The number of amides is 1. The average Bonchev–Trinajstić information content (AvgIpc) is 2.43. The highest BCUT2D eigenvalue weighted by Crippen LogP contribution is 2.31. The van der Waals surface area contributed by atoms with Crippen molar-refractivity contribution in [3.05, 3.63) is 18.2 Å². The van der Waals surface area contributed by atoms with Crippen LogP contribution in [0, 0.1) is 0 Å². The molecular formula is C13H18F2N2O4. The maximum atomic E-state index is 12.3. The second-order valence-electron chi connectivity index (χ2n) is 3.96. The second-order valence-corrected chi connectivity index (χ2v) is 3.96. The van der Waals surface area contributed by atoms with Crippen LogP contribution in [-0.4, -0.2) is 46.4 Å². The van der Waals surface area contributed by atoms with Crippen molar-refractivity contribution >= 4 is 11.6 Å². The Bertz CT molecular complexity index is 458. The Morgan fingerprint density at radius 3 is 2.67 bits per heavy atom. The summed E-state index contributed by atoms with van der Waals surface area (Å²) in [6.45, 7) is -1.87. The van der Waals surface area contributed by atoms with Crippen LogP contribution in [0.4, 0.5) is 14.5 Å². The third-order valence-corrected chi connectivity index (χ3v) is 2.43. The van der Waals surface area contributed by atoms with Crippen LogP contribution in [0.1, 0.15) is 0 Å². The number of hydrogen-bond donors (Lipinski definition) is 2. The van der Waals surface area contributed by atoms with E-state index in [1.165, 1.54) is 25.3 Å². The van der Waals surface area contributed by atoms with Crippen molar-refractivity contribution in [2.75, 3.05) is 39.2 Å². The summed E-state index contributed by atoms with van der Waals surface area (Å²) in [5, 5.41) is 5.42. The summed E-state index contributed by atoms with van der Waals surface area (Å²) in [7, 11) is 2.90. The third kappa shape index (κ3) is 6.37. The summed E-state index contributed by atoms with van der Waals surface area (Å²) >= 11 is 0. The van der Waals surface area contributed by atoms with Crippen molar-refractivity contribution in [1.29, 1.82) is 0 Å². The molecule has 0 aliphatic carbocycles. The van der Waals surface area contributed by atoms with Crippen molar-refractivity contribution in [1.82, 2.24) is 5.32 Å². The molecule has 0 unspecified atom stereocenters. The van der Waals surface area contributed by atoms with Crippen LogP contribution in [-0.2, 0) is 9.53 Å². The van der Waals surface area contributed by atoms with E-state index in [1.807, 2.05) is 0 Å². The SMILES string of the molecule is COCCNCC(=O)Nc1ccc(OC)c(OC(F)F)c1. The molecule has 6 nitrogen and oxygen atoms in total. The minimum atomic E-state index is -2.97. The number of hydrogen-bond acceptors (Lipinski definition) is 5. The lowest BCUT2D eigenvalue weighted by molar-refractivity contribution is -0.115. The number of alkyl halides is 2. The van der Waals surface area contributed by atoms with Gasteiger partial charge < -0.3 is 24.8 Å². The zero-order chi connectivity index (χ0) is 15.7. The van der Waals surface area contributed by atoms with Gasteiger partial charge in [-0.3, -0.25) is 4.79 Å². The van der Waals surface area contributed by atoms with Crippen molar-refractivity contribution in [2.24, 2.45) is 0 Å². The molecule has 2 N–H and O–H groups in total. The van der Waals surface area contributed by atoms with E-state index in [9.17, 15) is 13.6 Å². The summed E-state index contributed by atoms with van der Waals surface area (Å²) in [5.41, 5.74) is 0.338. The lowest BCUT2D eigenvalue weighted by Crippen LogP contribution is -2.30. The van der Waals surface area contributed by atoms with Gasteiger partial charge in [0.05, 0.1) is 20.3 Å². The molecule has 21 heavy (non-hydrogen) atoms. The smallest absolute Gasteiger partial charge is 0.387 e. The van der Waals surface area contributed by atoms with Gasteiger partial charge in [-0.2, -0.15) is 8.78 Å². The van der Waals surface area contributed by atoms with E-state index in [0.717, 1.165) is 0 Å². The molecule has 118 valence electrons. The fourth-order valence-corrected chi connectivity index (χ4v) is 1.52. The van der Waals surface area contributed by atoms with Gasteiger partial charge in [-0.1, -0.05) is 0 Å². The zero-order valence-corrected chi connectivity index (χ0v) is 11.8. The van der Waals surface area contributed by atoms with Crippen LogP contribution in [0.15, 0.2) is 18.2 Å². The van der Waals surface area contributed by atoms with E-state index in [2.05, 4.69) is 15.4 Å². The largest absolute Gasteiger partial charge is 0.493 e. The number of rotatable bonds is 9. The van der Waals surface area contributed by atoms with E-state index in [4.69, 9.17) is 9.47 Å². The van der Waals surface area contributed by atoms with Crippen LogP contribution in [0.25, 0.3) is 0 Å². The van der Waals surface area contributed by atoms with Gasteiger partial charge in [-0.05, 0) is 12.1 Å². The molecule has 0 saturated heterocycles. The second kappa shape index (κ2) is 9.09. The molecule has 1 rings (SSSR count). The van der Waals surface area contributed by atoms with Crippen molar-refractivity contribution < 1.29 is 27.8 Å². The molecule has 0 aliphatic rings. The topological polar surface area (TPSA) is 68.8 Å². The van der Waals surface area contributed by atoms with E-state index < -0.39 is 6.61 Å². The maximum absolute atomic E-state index is 12.3. The number of carbonyl (C=O) groups excluding carboxylic acids is 1. The Morgan fingerprint density at radius 2 is 2.05 bits per heavy atom. The van der Waals surface area contributed by atoms with Gasteiger partial charge in [-0.15, -0.1) is 0 Å². The van der Waals surface area contributed by atoms with Crippen molar-refractivity contribution in [2.45, 2.75) is 6.61 Å². The monoisotopic (exact) mass is 304 g/mol. The Balaban J connectivity index is 2.60. The quantitative estimate of drug-likeness (QED) is 0.676. The van der Waals surface area contributed by atoms with Gasteiger partial charge in [0.25, 0.3) is 0 Å². The first-order valence-electron chi connectivity index (χ1n) is 6.19. The predicted molar refractivity (Wildman–Crippen MR) is 73.0 cm³/mol. The van der Waals surface area contributed by atoms with E-state index in [0.29, 0.717) is 18.8 Å². The number of nitrogens with one attached hydrogen (secondary N) is 2. The Kier molecular flexibility index (Phi) is 7.41. The normalized spacial score (nSPS) is 10.5. The molecule has 8 heteroatoms. The van der Waals surface area contributed by atoms with E-state index in [1.54, 1.807) is 7.11 Å². The Hall–Kier alpha value is -1.93. The predicted octanol–water partition coefficient (Wildman–Crippen LogP) is 1.47. The van der Waals surface area contributed by atoms with Crippen LogP contribution in [0.5, 0.6) is 11.5 Å². The molecule has 0 fully saturated rings. The van der Waals surface area contributed by atoms with Crippen molar-refractivity contribution in [3.8, 4) is 11.5 Å². The van der Waals surface area contributed by atoms with Crippen LogP contribution in [0.2, 0.25) is 0 Å². The molecular weight excluding hydrogens is 286 g/mol. The van der Waals surface area contributed by atoms with Gasteiger partial charge in [0.1, 0.15) is 0 Å². The first-order valence-corrected chi connectivity index (χ1v) is 6.19. The molecule has 0 spiro atoms. The van der Waals surface area contributed by atoms with Crippen molar-refractivity contribution in [3.63, 3.8) is 0 Å². The van der Waals surface area contributed by atoms with Crippen LogP contribution in [0.3, 0.4) is 0 Å². The highest BCUT2D eigenvalue weighted by molar-refractivity contribution is 5.92. The summed E-state index contributed by atoms with van der Waals surface area (Å²) in [6, 6.07) is 4.24. The highest BCUT2D eigenvalue weighted by Gasteiger charge is 2.12. The molecule has 0 radical (unpaired) electrons. The first kappa shape index (κ1) is 17.1. The fraction of sp³-hybridized carbons (Fsp3) is 0.462. The van der Waals surface area contributed by atoms with Gasteiger partial charge in [0.15, 0.2) is 11.5 Å². The summed E-state index contributed by atoms with van der Waals surface area (Å²) in [4.78, 5) is 11.6. The summed E-state index contributed by atoms with van der Waals surface area (Å²) in [5.74, 6) is -0.288. The molecule has 1 amide bonds. The maximum Gasteiger partial charge on any atom is 0.387 e. The third-order valence-electron chi connectivity index (χ3n) is 2.43. The van der Waals surface area contributed by atoms with Gasteiger partial charge in [-0.25, -0.2) is 0 Å². The molecule has 1 aromatic rings. The van der Waals surface area contributed by atoms with E-state index >= 15 is 0 Å². The van der Waals surface area contributed by atoms with Gasteiger partial charge in [0, 0.05) is 25.4 Å². The molecule has 0 aromatic heterocycles. The molecule has 0 heterocycles. The van der Waals surface area contributed by atoms with E-state index in [-0.39, 0.29) is 24.0 Å². The number of carbonyl (C=O) groups is 1. The summed E-state index contributed by atoms with van der Waals surface area (Å²) in [6.07, 6.45) is 0. The zero-order valence-electron chi connectivity index (χ0n) is 11.8. The lowest BCUT2D eigenvalue weighted by atomic mass is 10.2. The Morgan fingerprint density at radius 1 is 1.29 bits per heavy atom. The number of ether oxygens (including phenoxy) is 3. The van der Waals surface area contributed by atoms with Gasteiger partial charge in [0.2, 0.25) is 5.91 Å². The number of benzene rings is 1. The van der Waals surface area contributed by atoms with Gasteiger partial charge >= 0.3 is 6.61 Å². The molecule has 0 saturated carbocycles. The number of anilines is 1. The minimum Gasteiger partial charge on any atom is -0.493 e. The van der Waals surface area contributed by atoms with Crippen LogP contribution >= 0.6 is 0 Å². The average molecular weight is 304 g/mol. The first-order chi connectivity index (χ1) is 10.1. The fourth-order valence-electron chi connectivity index (χ4n) is 1.52. The lowest BCUT2D eigenvalue weighted by Gasteiger charge is -2.12.